The number of aryl methyl sites for hydroxylation is 1. The summed E-state index contributed by atoms with van der Waals surface area (Å²) in [6, 6.07) is 0. The lowest BCUT2D eigenvalue weighted by atomic mass is 10.1. The van der Waals surface area contributed by atoms with E-state index in [0.29, 0.717) is 0 Å². The van der Waals surface area contributed by atoms with E-state index in [0.717, 1.165) is 24.9 Å². The van der Waals surface area contributed by atoms with Gasteiger partial charge in [0.1, 0.15) is 6.10 Å². The van der Waals surface area contributed by atoms with Crippen molar-refractivity contribution in [2.75, 3.05) is 7.11 Å². The van der Waals surface area contributed by atoms with Gasteiger partial charge < -0.3 is 9.84 Å². The zero-order valence-corrected chi connectivity index (χ0v) is 9.68. The van der Waals surface area contributed by atoms with Gasteiger partial charge in [-0.1, -0.05) is 13.8 Å². The van der Waals surface area contributed by atoms with Crippen LogP contribution in [0.15, 0.2) is 12.4 Å². The van der Waals surface area contributed by atoms with Crippen LogP contribution in [0.25, 0.3) is 0 Å². The first kappa shape index (κ1) is 12.2. The second-order valence-electron chi connectivity index (χ2n) is 3.66. The second-order valence-corrected chi connectivity index (χ2v) is 3.66. The molecule has 1 N–H and O–H groups in total. The highest BCUT2D eigenvalue weighted by Crippen LogP contribution is 2.20. The van der Waals surface area contributed by atoms with Crippen molar-refractivity contribution in [1.29, 1.82) is 0 Å². The summed E-state index contributed by atoms with van der Waals surface area (Å²) in [5.74, 6) is 0. The van der Waals surface area contributed by atoms with Gasteiger partial charge in [0.25, 0.3) is 0 Å². The Morgan fingerprint density at radius 1 is 1.53 bits per heavy atom. The summed E-state index contributed by atoms with van der Waals surface area (Å²) in [7, 11) is 1.62. The van der Waals surface area contributed by atoms with Crippen molar-refractivity contribution in [2.45, 2.75) is 45.4 Å². The van der Waals surface area contributed by atoms with Crippen molar-refractivity contribution in [3.63, 3.8) is 0 Å². The molecule has 0 aromatic carbocycles. The van der Waals surface area contributed by atoms with Crippen LogP contribution in [0.2, 0.25) is 0 Å². The molecule has 1 heterocycles. The molecular weight excluding hydrogens is 192 g/mol. The molecule has 0 saturated heterocycles. The number of methoxy groups -OCH3 is 1. The van der Waals surface area contributed by atoms with E-state index in [1.807, 2.05) is 17.8 Å². The Kier molecular flexibility index (Phi) is 4.78. The lowest BCUT2D eigenvalue weighted by molar-refractivity contribution is -0.0149. The lowest BCUT2D eigenvalue weighted by Crippen LogP contribution is -2.19. The summed E-state index contributed by atoms with van der Waals surface area (Å²) in [6.07, 6.45) is 4.70. The number of aliphatic hydroxyl groups is 1. The number of aromatic nitrogens is 2. The van der Waals surface area contributed by atoms with E-state index in [-0.39, 0.29) is 6.10 Å². The molecule has 0 amide bonds. The van der Waals surface area contributed by atoms with Crippen molar-refractivity contribution in [3.05, 3.63) is 18.0 Å². The molecule has 1 rings (SSSR count). The zero-order chi connectivity index (χ0) is 11.3. The van der Waals surface area contributed by atoms with Crippen molar-refractivity contribution >= 4 is 0 Å². The Labute approximate surface area is 90.9 Å². The smallest absolute Gasteiger partial charge is 0.108 e. The first-order valence-electron chi connectivity index (χ1n) is 5.46. The maximum Gasteiger partial charge on any atom is 0.108 e. The average Bonchev–Trinajstić information content (AvgIpc) is 2.68. The minimum absolute atomic E-state index is 0.149. The summed E-state index contributed by atoms with van der Waals surface area (Å²) < 4.78 is 7.05. The van der Waals surface area contributed by atoms with Crippen LogP contribution in [0.3, 0.4) is 0 Å². The zero-order valence-electron chi connectivity index (χ0n) is 9.68. The van der Waals surface area contributed by atoms with E-state index in [1.54, 1.807) is 13.3 Å². The second kappa shape index (κ2) is 5.88. The monoisotopic (exact) mass is 212 g/mol. The fourth-order valence-electron chi connectivity index (χ4n) is 1.62. The van der Waals surface area contributed by atoms with Crippen molar-refractivity contribution in [3.8, 4) is 0 Å². The van der Waals surface area contributed by atoms with Gasteiger partial charge in [-0.05, 0) is 12.8 Å². The Balaban J connectivity index is 2.68. The fraction of sp³-hybridized carbons (Fsp3) is 0.727. The number of aliphatic hydroxyl groups excluding tert-OH is 1. The van der Waals surface area contributed by atoms with Gasteiger partial charge in [0.15, 0.2) is 0 Å². The van der Waals surface area contributed by atoms with Gasteiger partial charge in [0, 0.05) is 25.4 Å². The fourth-order valence-corrected chi connectivity index (χ4v) is 1.62. The van der Waals surface area contributed by atoms with Gasteiger partial charge >= 0.3 is 0 Å². The van der Waals surface area contributed by atoms with Crippen molar-refractivity contribution in [1.82, 2.24) is 9.78 Å². The number of nitrogens with zero attached hydrogens (tertiary/aromatic N) is 2. The maximum absolute atomic E-state index is 9.98. The Morgan fingerprint density at radius 3 is 2.80 bits per heavy atom. The molecule has 15 heavy (non-hydrogen) atoms. The standard InChI is InChI=1S/C11H20N2O2/c1-4-6-13-8-9(7-12-13)11(14)10(5-2)15-3/h7-8,10-11,14H,4-6H2,1-3H3. The highest BCUT2D eigenvalue weighted by molar-refractivity contribution is 5.09. The van der Waals surface area contributed by atoms with Gasteiger partial charge in [-0.3, -0.25) is 4.68 Å². The maximum atomic E-state index is 9.98. The van der Waals surface area contributed by atoms with Crippen LogP contribution in [0, 0.1) is 0 Å². The molecule has 4 nitrogen and oxygen atoms in total. The van der Waals surface area contributed by atoms with E-state index >= 15 is 0 Å². The van der Waals surface area contributed by atoms with Crippen molar-refractivity contribution in [2.24, 2.45) is 0 Å². The van der Waals surface area contributed by atoms with Gasteiger partial charge in [0.2, 0.25) is 0 Å². The number of hydrogen-bond acceptors (Lipinski definition) is 3. The molecule has 0 bridgehead atoms. The van der Waals surface area contributed by atoms with Crippen LogP contribution >= 0.6 is 0 Å². The molecule has 4 heteroatoms. The molecule has 0 aliphatic heterocycles. The first-order chi connectivity index (χ1) is 7.22. The van der Waals surface area contributed by atoms with E-state index in [4.69, 9.17) is 4.74 Å². The van der Waals surface area contributed by atoms with E-state index in [1.165, 1.54) is 0 Å². The lowest BCUT2D eigenvalue weighted by Gasteiger charge is -2.18. The van der Waals surface area contributed by atoms with Crippen LogP contribution in [0.4, 0.5) is 0 Å². The molecule has 2 unspecified atom stereocenters. The largest absolute Gasteiger partial charge is 0.386 e. The highest BCUT2D eigenvalue weighted by Gasteiger charge is 2.19. The predicted octanol–water partition coefficient (Wildman–Crippen LogP) is 1.75. The van der Waals surface area contributed by atoms with E-state index in [2.05, 4.69) is 12.0 Å². The molecule has 0 fully saturated rings. The Hall–Kier alpha value is -0.870. The topological polar surface area (TPSA) is 47.3 Å². The molecule has 0 aliphatic rings. The van der Waals surface area contributed by atoms with Crippen molar-refractivity contribution < 1.29 is 9.84 Å². The highest BCUT2D eigenvalue weighted by atomic mass is 16.5. The summed E-state index contributed by atoms with van der Waals surface area (Å²) in [5.41, 5.74) is 0.831. The molecular formula is C11H20N2O2. The third kappa shape index (κ3) is 3.04. The summed E-state index contributed by atoms with van der Waals surface area (Å²) in [5, 5.41) is 14.2. The van der Waals surface area contributed by atoms with Crippen LogP contribution in [-0.4, -0.2) is 28.1 Å². The molecule has 86 valence electrons. The van der Waals surface area contributed by atoms with Gasteiger partial charge in [-0.25, -0.2) is 0 Å². The quantitative estimate of drug-likeness (QED) is 0.781. The molecule has 1 aromatic rings. The first-order valence-corrected chi connectivity index (χ1v) is 5.46. The minimum atomic E-state index is -0.578. The minimum Gasteiger partial charge on any atom is -0.386 e. The average molecular weight is 212 g/mol. The van der Waals surface area contributed by atoms with Crippen LogP contribution in [0.1, 0.15) is 38.4 Å². The normalized spacial score (nSPS) is 15.2. The Morgan fingerprint density at radius 2 is 2.27 bits per heavy atom. The molecule has 0 saturated carbocycles. The van der Waals surface area contributed by atoms with E-state index < -0.39 is 6.10 Å². The summed E-state index contributed by atoms with van der Waals surface area (Å²) in [4.78, 5) is 0. The number of hydrogen-bond donors (Lipinski definition) is 1. The van der Waals surface area contributed by atoms with E-state index in [9.17, 15) is 5.11 Å². The van der Waals surface area contributed by atoms with Gasteiger partial charge in [0.05, 0.1) is 12.3 Å². The molecule has 0 radical (unpaired) electrons. The summed E-state index contributed by atoms with van der Waals surface area (Å²) in [6.45, 7) is 4.98. The Bertz CT molecular complexity index is 282. The van der Waals surface area contributed by atoms with Crippen LogP contribution in [-0.2, 0) is 11.3 Å². The van der Waals surface area contributed by atoms with Crippen LogP contribution in [0.5, 0.6) is 0 Å². The number of ether oxygens (including phenoxy) is 1. The number of rotatable bonds is 6. The molecule has 0 aliphatic carbocycles. The third-order valence-electron chi connectivity index (χ3n) is 2.50. The van der Waals surface area contributed by atoms with Gasteiger partial charge in [-0.2, -0.15) is 5.10 Å². The van der Waals surface area contributed by atoms with Gasteiger partial charge in [-0.15, -0.1) is 0 Å². The molecule has 0 spiro atoms. The molecule has 1 aromatic heterocycles. The molecule has 2 atom stereocenters. The van der Waals surface area contributed by atoms with Crippen LogP contribution < -0.4 is 0 Å². The predicted molar refractivity (Wildman–Crippen MR) is 58.6 cm³/mol. The summed E-state index contributed by atoms with van der Waals surface area (Å²) >= 11 is 0. The third-order valence-corrected chi connectivity index (χ3v) is 2.50. The SMILES string of the molecule is CCCn1cc(C(O)C(CC)OC)cn1.